The first-order valence-corrected chi connectivity index (χ1v) is 5.99. The number of anilines is 2. The first-order chi connectivity index (χ1) is 8.50. The van der Waals surface area contributed by atoms with Crippen molar-refractivity contribution in [3.8, 4) is 5.75 Å². The summed E-state index contributed by atoms with van der Waals surface area (Å²) in [6.45, 7) is 5.20. The van der Waals surface area contributed by atoms with Crippen LogP contribution < -0.4 is 15.8 Å². The molecule has 1 aromatic heterocycles. The van der Waals surface area contributed by atoms with E-state index in [1.165, 1.54) is 13.4 Å². The minimum absolute atomic E-state index is 0.0629. The molecular formula is C12H22N4O2. The molecule has 102 valence electrons. The van der Waals surface area contributed by atoms with Gasteiger partial charge in [0, 0.05) is 13.2 Å². The van der Waals surface area contributed by atoms with E-state index in [-0.39, 0.29) is 12.0 Å². The molecule has 6 heteroatoms. The molecule has 0 saturated heterocycles. The molecule has 18 heavy (non-hydrogen) atoms. The number of nitrogens with one attached hydrogen (secondary N) is 1. The molecule has 0 aliphatic heterocycles. The zero-order valence-corrected chi connectivity index (χ0v) is 11.2. The maximum atomic E-state index is 8.86. The molecule has 0 fully saturated rings. The fraction of sp³-hybridized carbons (Fsp3) is 0.667. The number of nitrogens with two attached hydrogens (primary N) is 1. The number of aliphatic hydroxyl groups excluding tert-OH is 1. The second-order valence-corrected chi connectivity index (χ2v) is 4.99. The fourth-order valence-electron chi connectivity index (χ4n) is 1.68. The van der Waals surface area contributed by atoms with Crippen molar-refractivity contribution in [2.45, 2.75) is 26.7 Å². The van der Waals surface area contributed by atoms with E-state index in [4.69, 9.17) is 15.6 Å². The molecule has 0 aliphatic rings. The first-order valence-electron chi connectivity index (χ1n) is 5.99. The van der Waals surface area contributed by atoms with Crippen LogP contribution in [0, 0.1) is 5.41 Å². The third-order valence-corrected chi connectivity index (χ3v) is 2.78. The van der Waals surface area contributed by atoms with Gasteiger partial charge in [0.15, 0.2) is 11.6 Å². The predicted molar refractivity (Wildman–Crippen MR) is 71.6 cm³/mol. The summed E-state index contributed by atoms with van der Waals surface area (Å²) in [5, 5.41) is 12.1. The molecule has 0 aromatic carbocycles. The van der Waals surface area contributed by atoms with Crippen LogP contribution in [-0.2, 0) is 0 Å². The Labute approximate surface area is 108 Å². The van der Waals surface area contributed by atoms with Crippen LogP contribution in [0.25, 0.3) is 0 Å². The average molecular weight is 254 g/mol. The van der Waals surface area contributed by atoms with Gasteiger partial charge in [-0.3, -0.25) is 0 Å². The second kappa shape index (κ2) is 6.39. The highest BCUT2D eigenvalue weighted by atomic mass is 16.5. The number of hydrogen-bond donors (Lipinski definition) is 3. The van der Waals surface area contributed by atoms with Crippen LogP contribution in [0.3, 0.4) is 0 Å². The number of ether oxygens (including phenoxy) is 1. The van der Waals surface area contributed by atoms with Crippen molar-refractivity contribution in [3.05, 3.63) is 6.33 Å². The topological polar surface area (TPSA) is 93.3 Å². The fourth-order valence-corrected chi connectivity index (χ4v) is 1.68. The molecule has 1 heterocycles. The van der Waals surface area contributed by atoms with Gasteiger partial charge in [-0.2, -0.15) is 0 Å². The van der Waals surface area contributed by atoms with Gasteiger partial charge < -0.3 is 20.9 Å². The van der Waals surface area contributed by atoms with E-state index in [0.717, 1.165) is 19.4 Å². The Bertz CT molecular complexity index is 382. The predicted octanol–water partition coefficient (Wildman–Crippen LogP) is 1.28. The summed E-state index contributed by atoms with van der Waals surface area (Å²) in [6, 6.07) is 0. The summed E-state index contributed by atoms with van der Waals surface area (Å²) in [5.74, 6) is 1.39. The molecule has 0 radical (unpaired) electrons. The maximum Gasteiger partial charge on any atom is 0.203 e. The number of methoxy groups -OCH3 is 1. The van der Waals surface area contributed by atoms with Crippen molar-refractivity contribution in [1.82, 2.24) is 9.97 Å². The van der Waals surface area contributed by atoms with Crippen LogP contribution in [0.5, 0.6) is 5.75 Å². The second-order valence-electron chi connectivity index (χ2n) is 4.99. The van der Waals surface area contributed by atoms with E-state index in [1.54, 1.807) is 0 Å². The summed E-state index contributed by atoms with van der Waals surface area (Å²) in [5.41, 5.74) is 5.77. The van der Waals surface area contributed by atoms with Crippen LogP contribution in [0.1, 0.15) is 26.7 Å². The van der Waals surface area contributed by atoms with E-state index < -0.39 is 0 Å². The van der Waals surface area contributed by atoms with Gasteiger partial charge in [0.2, 0.25) is 5.75 Å². The summed E-state index contributed by atoms with van der Waals surface area (Å²) >= 11 is 0. The highest BCUT2D eigenvalue weighted by Crippen LogP contribution is 2.28. The van der Waals surface area contributed by atoms with Gasteiger partial charge in [-0.25, -0.2) is 9.97 Å². The van der Waals surface area contributed by atoms with Crippen LogP contribution in [0.4, 0.5) is 11.6 Å². The van der Waals surface area contributed by atoms with E-state index >= 15 is 0 Å². The zero-order valence-electron chi connectivity index (χ0n) is 11.2. The minimum atomic E-state index is 0.0629. The zero-order chi connectivity index (χ0) is 13.6. The normalized spacial score (nSPS) is 11.3. The number of rotatable bonds is 7. The van der Waals surface area contributed by atoms with Gasteiger partial charge in [0.05, 0.1) is 7.11 Å². The number of nitrogen functional groups attached to an aromatic ring is 1. The van der Waals surface area contributed by atoms with Gasteiger partial charge in [-0.05, 0) is 18.3 Å². The third kappa shape index (κ3) is 4.03. The van der Waals surface area contributed by atoms with Crippen molar-refractivity contribution >= 4 is 11.6 Å². The van der Waals surface area contributed by atoms with Crippen molar-refractivity contribution in [2.75, 3.05) is 31.3 Å². The molecule has 0 bridgehead atoms. The number of nitrogens with zero attached hydrogens (tertiary/aromatic N) is 2. The number of aromatic nitrogens is 2. The SMILES string of the molecule is COc1c(N)ncnc1NCC(C)(C)CCCO. The molecule has 1 rings (SSSR count). The van der Waals surface area contributed by atoms with Gasteiger partial charge in [0.25, 0.3) is 0 Å². The van der Waals surface area contributed by atoms with Crippen molar-refractivity contribution in [1.29, 1.82) is 0 Å². The molecule has 1 aromatic rings. The van der Waals surface area contributed by atoms with Crippen LogP contribution in [0.15, 0.2) is 6.33 Å². The highest BCUT2D eigenvalue weighted by Gasteiger charge is 2.18. The Morgan fingerprint density at radius 3 is 2.78 bits per heavy atom. The summed E-state index contributed by atoms with van der Waals surface area (Å²) in [6.07, 6.45) is 3.12. The smallest absolute Gasteiger partial charge is 0.203 e. The van der Waals surface area contributed by atoms with Crippen molar-refractivity contribution < 1.29 is 9.84 Å². The summed E-state index contributed by atoms with van der Waals surface area (Å²) in [7, 11) is 1.54. The largest absolute Gasteiger partial charge is 0.490 e. The van der Waals surface area contributed by atoms with Gasteiger partial charge in [-0.15, -0.1) is 0 Å². The molecule has 0 saturated carbocycles. The lowest BCUT2D eigenvalue weighted by atomic mass is 9.88. The van der Waals surface area contributed by atoms with Gasteiger partial charge in [0.1, 0.15) is 6.33 Å². The van der Waals surface area contributed by atoms with Crippen LogP contribution >= 0.6 is 0 Å². The molecule has 6 nitrogen and oxygen atoms in total. The van der Waals surface area contributed by atoms with Crippen LogP contribution in [-0.4, -0.2) is 35.3 Å². The highest BCUT2D eigenvalue weighted by molar-refractivity contribution is 5.61. The quantitative estimate of drug-likeness (QED) is 0.678. The van der Waals surface area contributed by atoms with Crippen molar-refractivity contribution in [3.63, 3.8) is 0 Å². The lowest BCUT2D eigenvalue weighted by Gasteiger charge is -2.25. The lowest BCUT2D eigenvalue weighted by Crippen LogP contribution is -2.24. The van der Waals surface area contributed by atoms with E-state index in [2.05, 4.69) is 29.1 Å². The maximum absolute atomic E-state index is 8.86. The number of hydrogen-bond acceptors (Lipinski definition) is 6. The standard InChI is InChI=1S/C12H22N4O2/c1-12(2,5-4-6-17)7-14-11-9(18-3)10(13)15-8-16-11/h8,17H,4-7H2,1-3H3,(H3,13,14,15,16). The van der Waals surface area contributed by atoms with Crippen molar-refractivity contribution in [2.24, 2.45) is 5.41 Å². The molecule has 4 N–H and O–H groups in total. The van der Waals surface area contributed by atoms with Gasteiger partial charge in [-0.1, -0.05) is 13.8 Å². The Kier molecular flexibility index (Phi) is 5.15. The Hall–Kier alpha value is -1.56. The van der Waals surface area contributed by atoms with E-state index in [9.17, 15) is 0 Å². The first kappa shape index (κ1) is 14.5. The Morgan fingerprint density at radius 1 is 1.44 bits per heavy atom. The lowest BCUT2D eigenvalue weighted by molar-refractivity contribution is 0.247. The van der Waals surface area contributed by atoms with Crippen LogP contribution in [0.2, 0.25) is 0 Å². The third-order valence-electron chi connectivity index (χ3n) is 2.78. The molecule has 0 atom stereocenters. The molecule has 0 aliphatic carbocycles. The van der Waals surface area contributed by atoms with Gasteiger partial charge >= 0.3 is 0 Å². The van der Waals surface area contributed by atoms with E-state index in [0.29, 0.717) is 17.4 Å². The monoisotopic (exact) mass is 254 g/mol. The Morgan fingerprint density at radius 2 is 2.17 bits per heavy atom. The minimum Gasteiger partial charge on any atom is -0.490 e. The van der Waals surface area contributed by atoms with E-state index in [1.807, 2.05) is 0 Å². The average Bonchev–Trinajstić information content (AvgIpc) is 2.34. The number of aliphatic hydroxyl groups is 1. The Balaban J connectivity index is 2.65. The summed E-state index contributed by atoms with van der Waals surface area (Å²) < 4.78 is 5.17. The summed E-state index contributed by atoms with van der Waals surface area (Å²) in [4.78, 5) is 7.99. The molecule has 0 spiro atoms. The molecule has 0 unspecified atom stereocenters. The molecule has 0 amide bonds. The molecular weight excluding hydrogens is 232 g/mol.